The van der Waals surface area contributed by atoms with Crippen molar-refractivity contribution in [3.05, 3.63) is 6.20 Å². The summed E-state index contributed by atoms with van der Waals surface area (Å²) in [6.07, 6.45) is 0.900. The highest BCUT2D eigenvalue weighted by Gasteiger charge is 2.00. The summed E-state index contributed by atoms with van der Waals surface area (Å²) in [5, 5.41) is 25.5. The van der Waals surface area contributed by atoms with Gasteiger partial charge in [-0.2, -0.15) is 9.97 Å². The first kappa shape index (κ1) is 8.44. The molecule has 0 spiro atoms. The second-order valence-electron chi connectivity index (χ2n) is 1.38. The molecule has 0 bridgehead atoms. The van der Waals surface area contributed by atoms with E-state index in [1.54, 1.807) is 0 Å². The maximum absolute atomic E-state index is 8.56. The molecule has 1 aromatic rings. The largest absolute Gasteiger partial charge is 0.502 e. The topological polar surface area (TPSA) is 118 Å². The summed E-state index contributed by atoms with van der Waals surface area (Å²) in [4.78, 5) is 6.20. The molecule has 6 heteroatoms. The molecule has 5 N–H and O–H groups in total. The van der Waals surface area contributed by atoms with Gasteiger partial charge in [-0.05, 0) is 0 Å². The molecule has 0 amide bonds. The molecule has 1 aromatic heterocycles. The van der Waals surface area contributed by atoms with Gasteiger partial charge in [0, 0.05) is 0 Å². The third kappa shape index (κ3) is 1.46. The Morgan fingerprint density at radius 2 is 1.80 bits per heavy atom. The predicted molar refractivity (Wildman–Crippen MR) is 30.6 cm³/mol. The first-order chi connectivity index (χ1) is 4.20. The Morgan fingerprint density at radius 1 is 1.20 bits per heavy atom. The third-order valence-corrected chi connectivity index (χ3v) is 0.737. The molecule has 0 radical (unpaired) electrons. The Balaban J connectivity index is 0.000000810. The average molecular weight is 146 g/mol. The molecular weight excluding hydrogens is 140 g/mol. The van der Waals surface area contributed by atoms with E-state index in [1.165, 1.54) is 0 Å². The summed E-state index contributed by atoms with van der Waals surface area (Å²) >= 11 is 0. The van der Waals surface area contributed by atoms with Gasteiger partial charge in [-0.1, -0.05) is 0 Å². The van der Waals surface area contributed by atoms with Crippen LogP contribution in [0, 0.1) is 0 Å². The molecule has 0 aliphatic heterocycles. The van der Waals surface area contributed by atoms with Crippen molar-refractivity contribution in [2.45, 2.75) is 0 Å². The molecule has 0 saturated heterocycles. The van der Waals surface area contributed by atoms with Crippen LogP contribution in [0.3, 0.4) is 0 Å². The fourth-order valence-corrected chi connectivity index (χ4v) is 0.357. The van der Waals surface area contributed by atoms with Gasteiger partial charge in [0.2, 0.25) is 0 Å². The zero-order chi connectivity index (χ0) is 6.85. The van der Waals surface area contributed by atoms with Gasteiger partial charge in [-0.15, -0.1) is 0 Å². The van der Waals surface area contributed by atoms with Gasteiger partial charge in [0.25, 0.3) is 5.88 Å². The highest BCUT2D eigenvalue weighted by Crippen LogP contribution is 2.20. The summed E-state index contributed by atoms with van der Waals surface area (Å²) in [7, 11) is 0. The molecule has 0 unspecified atom stereocenters. The average Bonchev–Trinajstić information content (AvgIpc) is 1.80. The van der Waals surface area contributed by atoms with Crippen molar-refractivity contribution in [2.24, 2.45) is 0 Å². The van der Waals surface area contributed by atoms with Crippen molar-refractivity contribution < 1.29 is 20.8 Å². The molecule has 6 nitrogen and oxygen atoms in total. The van der Waals surface area contributed by atoms with Crippen LogP contribution in [0.1, 0.15) is 0 Å². The maximum atomic E-state index is 8.56. The SMILES string of the molecule is O.Oc1ncc(O)c(O)n1. The van der Waals surface area contributed by atoms with Crippen LogP contribution in [0.25, 0.3) is 0 Å². The summed E-state index contributed by atoms with van der Waals surface area (Å²) in [6.45, 7) is 0. The van der Waals surface area contributed by atoms with E-state index in [-0.39, 0.29) is 5.48 Å². The zero-order valence-corrected chi connectivity index (χ0v) is 4.81. The van der Waals surface area contributed by atoms with E-state index in [0.717, 1.165) is 6.20 Å². The fraction of sp³-hybridized carbons (Fsp3) is 0. The number of hydrogen-bond acceptors (Lipinski definition) is 5. The van der Waals surface area contributed by atoms with Crippen molar-refractivity contribution in [3.8, 4) is 17.6 Å². The van der Waals surface area contributed by atoms with E-state index in [2.05, 4.69) is 9.97 Å². The Bertz CT molecular complexity index is 226. The van der Waals surface area contributed by atoms with Crippen molar-refractivity contribution in [2.75, 3.05) is 0 Å². The van der Waals surface area contributed by atoms with E-state index >= 15 is 0 Å². The van der Waals surface area contributed by atoms with Gasteiger partial charge < -0.3 is 20.8 Å². The second-order valence-corrected chi connectivity index (χ2v) is 1.38. The Morgan fingerprint density at radius 3 is 2.20 bits per heavy atom. The van der Waals surface area contributed by atoms with Crippen molar-refractivity contribution in [3.63, 3.8) is 0 Å². The summed E-state index contributed by atoms with van der Waals surface area (Å²) in [6, 6.07) is -0.565. The van der Waals surface area contributed by atoms with Gasteiger partial charge in [0.05, 0.1) is 6.20 Å². The molecule has 0 aliphatic rings. The number of hydrogen-bond donors (Lipinski definition) is 3. The number of rotatable bonds is 0. The lowest BCUT2D eigenvalue weighted by atomic mass is 10.6. The van der Waals surface area contributed by atoms with Gasteiger partial charge in [-0.3, -0.25) is 0 Å². The van der Waals surface area contributed by atoms with E-state index in [1.807, 2.05) is 0 Å². The summed E-state index contributed by atoms with van der Waals surface area (Å²) in [5.74, 6) is -1.07. The smallest absolute Gasteiger partial charge is 0.317 e. The second kappa shape index (κ2) is 2.83. The van der Waals surface area contributed by atoms with Crippen LogP contribution in [0.15, 0.2) is 6.20 Å². The lowest BCUT2D eigenvalue weighted by molar-refractivity contribution is 0.360. The number of aromatic hydroxyl groups is 3. The molecule has 56 valence electrons. The minimum absolute atomic E-state index is 0. The van der Waals surface area contributed by atoms with E-state index in [4.69, 9.17) is 15.3 Å². The van der Waals surface area contributed by atoms with Crippen LogP contribution < -0.4 is 0 Å². The fourth-order valence-electron chi connectivity index (χ4n) is 0.357. The van der Waals surface area contributed by atoms with Crippen LogP contribution in [-0.2, 0) is 0 Å². The van der Waals surface area contributed by atoms with Gasteiger partial charge in [0.1, 0.15) is 0 Å². The minimum atomic E-state index is -0.623. The molecule has 10 heavy (non-hydrogen) atoms. The molecule has 1 heterocycles. The van der Waals surface area contributed by atoms with Crippen LogP contribution >= 0.6 is 0 Å². The van der Waals surface area contributed by atoms with E-state index < -0.39 is 17.6 Å². The van der Waals surface area contributed by atoms with Crippen molar-refractivity contribution >= 4 is 0 Å². The zero-order valence-electron chi connectivity index (χ0n) is 4.81. The normalized spacial score (nSPS) is 8.40. The van der Waals surface area contributed by atoms with Crippen molar-refractivity contribution in [1.29, 1.82) is 0 Å². The van der Waals surface area contributed by atoms with E-state index in [0.29, 0.717) is 0 Å². The maximum Gasteiger partial charge on any atom is 0.317 e. The first-order valence-electron chi connectivity index (χ1n) is 2.14. The highest BCUT2D eigenvalue weighted by molar-refractivity contribution is 5.27. The Kier molecular flexibility index (Phi) is 2.39. The first-order valence-corrected chi connectivity index (χ1v) is 2.14. The van der Waals surface area contributed by atoms with Crippen LogP contribution in [0.4, 0.5) is 0 Å². The highest BCUT2D eigenvalue weighted by atomic mass is 16.3. The van der Waals surface area contributed by atoms with Crippen LogP contribution in [0.5, 0.6) is 17.6 Å². The third-order valence-electron chi connectivity index (χ3n) is 0.737. The molecule has 0 aromatic carbocycles. The molecule has 0 atom stereocenters. The molecule has 0 aliphatic carbocycles. The quantitative estimate of drug-likeness (QED) is 0.423. The molecule has 0 saturated carbocycles. The number of nitrogens with zero attached hydrogens (tertiary/aromatic N) is 2. The van der Waals surface area contributed by atoms with Gasteiger partial charge >= 0.3 is 6.01 Å². The van der Waals surface area contributed by atoms with Crippen LogP contribution in [0.2, 0.25) is 0 Å². The lowest BCUT2D eigenvalue weighted by Gasteiger charge is -1.92. The van der Waals surface area contributed by atoms with Gasteiger partial charge in [0.15, 0.2) is 5.75 Å². The standard InChI is InChI=1S/C4H4N2O3.H2O/c7-2-1-5-4(9)6-3(2)8;/h1,7H,(H2,5,6,8,9);1H2. The summed E-state index contributed by atoms with van der Waals surface area (Å²) < 4.78 is 0. The minimum Gasteiger partial charge on any atom is -0.502 e. The Labute approximate surface area is 55.7 Å². The molecule has 1 rings (SSSR count). The summed E-state index contributed by atoms with van der Waals surface area (Å²) in [5.41, 5.74) is 0. The monoisotopic (exact) mass is 146 g/mol. The number of aromatic nitrogens is 2. The van der Waals surface area contributed by atoms with Crippen LogP contribution in [-0.4, -0.2) is 30.8 Å². The molecule has 0 fully saturated rings. The van der Waals surface area contributed by atoms with E-state index in [9.17, 15) is 0 Å². The Hall–Kier alpha value is -1.56. The molecular formula is C4H6N2O4. The van der Waals surface area contributed by atoms with Gasteiger partial charge in [-0.25, -0.2) is 0 Å². The lowest BCUT2D eigenvalue weighted by Crippen LogP contribution is -1.79. The predicted octanol–water partition coefficient (Wildman–Crippen LogP) is -1.23. The van der Waals surface area contributed by atoms with Crippen molar-refractivity contribution in [1.82, 2.24) is 9.97 Å².